The maximum atomic E-state index is 6.03. The van der Waals surface area contributed by atoms with Crippen LogP contribution in [-0.4, -0.2) is 37.5 Å². The summed E-state index contributed by atoms with van der Waals surface area (Å²) < 4.78 is 11.6. The number of hydrogen-bond acceptors (Lipinski definition) is 3. The maximum absolute atomic E-state index is 6.03. The smallest absolute Gasteiger partial charge is 0.0951 e. The predicted molar refractivity (Wildman–Crippen MR) is 69.5 cm³/mol. The Labute approximate surface area is 110 Å². The van der Waals surface area contributed by atoms with Gasteiger partial charge in [0.2, 0.25) is 0 Å². The van der Waals surface area contributed by atoms with Gasteiger partial charge in [0.25, 0.3) is 0 Å². The Kier molecular flexibility index (Phi) is 2.90. The van der Waals surface area contributed by atoms with E-state index in [1.54, 1.807) is 0 Å². The van der Waals surface area contributed by atoms with Crippen molar-refractivity contribution in [2.75, 3.05) is 19.8 Å². The minimum atomic E-state index is 0.0631. The normalized spacial score (nSPS) is 40.8. The molecule has 2 saturated heterocycles. The molecule has 0 amide bonds. The third-order valence-corrected chi connectivity index (χ3v) is 5.25. The van der Waals surface area contributed by atoms with E-state index in [0.29, 0.717) is 6.04 Å². The molecule has 4 aliphatic rings. The van der Waals surface area contributed by atoms with Gasteiger partial charge < -0.3 is 14.8 Å². The highest BCUT2D eigenvalue weighted by Crippen LogP contribution is 2.45. The highest BCUT2D eigenvalue weighted by molar-refractivity contribution is 5.00. The molecule has 2 heterocycles. The fourth-order valence-electron chi connectivity index (χ4n) is 3.87. The van der Waals surface area contributed by atoms with Crippen LogP contribution < -0.4 is 5.32 Å². The Hall–Kier alpha value is -0.120. The first-order valence-electron chi connectivity index (χ1n) is 7.82. The van der Waals surface area contributed by atoms with E-state index in [1.165, 1.54) is 38.5 Å². The summed E-state index contributed by atoms with van der Waals surface area (Å²) >= 11 is 0. The second-order valence-corrected chi connectivity index (χ2v) is 6.89. The van der Waals surface area contributed by atoms with Gasteiger partial charge in [-0.25, -0.2) is 0 Å². The first kappa shape index (κ1) is 11.7. The number of nitrogens with one attached hydrogen (secondary N) is 1. The van der Waals surface area contributed by atoms with Gasteiger partial charge in [0.15, 0.2) is 0 Å². The van der Waals surface area contributed by atoms with Crippen LogP contribution in [0, 0.1) is 11.8 Å². The molecule has 2 aliphatic carbocycles. The van der Waals surface area contributed by atoms with E-state index in [-0.39, 0.29) is 5.60 Å². The maximum Gasteiger partial charge on any atom is 0.0951 e. The second-order valence-electron chi connectivity index (χ2n) is 6.89. The quantitative estimate of drug-likeness (QED) is 0.830. The molecule has 102 valence electrons. The molecule has 0 bridgehead atoms. The van der Waals surface area contributed by atoms with E-state index in [1.807, 2.05) is 0 Å². The molecule has 1 spiro atoms. The molecule has 0 aromatic rings. The third-order valence-electron chi connectivity index (χ3n) is 5.25. The summed E-state index contributed by atoms with van der Waals surface area (Å²) in [6.07, 6.45) is 9.32. The van der Waals surface area contributed by atoms with Crippen LogP contribution in [0.4, 0.5) is 0 Å². The molecular formula is C15H25NO2. The Morgan fingerprint density at radius 2 is 1.78 bits per heavy atom. The van der Waals surface area contributed by atoms with E-state index >= 15 is 0 Å². The molecule has 2 aliphatic heterocycles. The zero-order valence-electron chi connectivity index (χ0n) is 11.2. The summed E-state index contributed by atoms with van der Waals surface area (Å²) in [5.41, 5.74) is 0.0631. The predicted octanol–water partition coefficient (Wildman–Crippen LogP) is 2.10. The van der Waals surface area contributed by atoms with Crippen molar-refractivity contribution in [1.82, 2.24) is 5.32 Å². The Balaban J connectivity index is 1.38. The minimum absolute atomic E-state index is 0.0631. The van der Waals surface area contributed by atoms with Gasteiger partial charge in [-0.15, -0.1) is 0 Å². The van der Waals surface area contributed by atoms with Crippen molar-refractivity contribution >= 4 is 0 Å². The Morgan fingerprint density at radius 1 is 1.00 bits per heavy atom. The van der Waals surface area contributed by atoms with Crippen molar-refractivity contribution in [3.05, 3.63) is 0 Å². The van der Waals surface area contributed by atoms with Crippen molar-refractivity contribution in [3.8, 4) is 0 Å². The summed E-state index contributed by atoms with van der Waals surface area (Å²) in [4.78, 5) is 0. The van der Waals surface area contributed by atoms with E-state index < -0.39 is 0 Å². The van der Waals surface area contributed by atoms with Gasteiger partial charge in [0, 0.05) is 31.7 Å². The molecule has 2 atom stereocenters. The largest absolute Gasteiger partial charge is 0.378 e. The van der Waals surface area contributed by atoms with Gasteiger partial charge in [0.1, 0.15) is 0 Å². The molecule has 2 saturated carbocycles. The summed E-state index contributed by atoms with van der Waals surface area (Å²) in [6.45, 7) is 2.63. The summed E-state index contributed by atoms with van der Waals surface area (Å²) in [7, 11) is 0. The van der Waals surface area contributed by atoms with Crippen LogP contribution in [0.5, 0.6) is 0 Å². The van der Waals surface area contributed by atoms with Crippen LogP contribution >= 0.6 is 0 Å². The lowest BCUT2D eigenvalue weighted by atomic mass is 9.88. The molecule has 1 N–H and O–H groups in total. The zero-order chi connectivity index (χ0) is 12.0. The lowest BCUT2D eigenvalue weighted by molar-refractivity contribution is -0.0908. The van der Waals surface area contributed by atoms with Crippen LogP contribution in [0.25, 0.3) is 0 Å². The Bertz CT molecular complexity index is 294. The van der Waals surface area contributed by atoms with Crippen LogP contribution in [0.3, 0.4) is 0 Å². The average Bonchev–Trinajstić information content (AvgIpc) is 3.28. The van der Waals surface area contributed by atoms with Gasteiger partial charge in [-0.1, -0.05) is 0 Å². The zero-order valence-corrected chi connectivity index (χ0v) is 11.2. The fourth-order valence-corrected chi connectivity index (χ4v) is 3.87. The number of hydrogen-bond donors (Lipinski definition) is 1. The number of rotatable bonds is 4. The van der Waals surface area contributed by atoms with Crippen molar-refractivity contribution < 1.29 is 9.47 Å². The van der Waals surface area contributed by atoms with E-state index in [2.05, 4.69) is 5.32 Å². The van der Waals surface area contributed by atoms with Crippen molar-refractivity contribution in [3.63, 3.8) is 0 Å². The topological polar surface area (TPSA) is 30.5 Å². The first-order chi connectivity index (χ1) is 8.85. The van der Waals surface area contributed by atoms with E-state index in [9.17, 15) is 0 Å². The lowest BCUT2D eigenvalue weighted by Crippen LogP contribution is -2.51. The monoisotopic (exact) mass is 251 g/mol. The molecule has 3 heteroatoms. The number of ether oxygens (including phenoxy) is 2. The summed E-state index contributed by atoms with van der Waals surface area (Å²) in [6, 6.07) is 1.50. The van der Waals surface area contributed by atoms with Crippen LogP contribution in [-0.2, 0) is 9.47 Å². The molecule has 4 fully saturated rings. The molecular weight excluding hydrogens is 226 g/mol. The fraction of sp³-hybridized carbons (Fsp3) is 1.00. The molecule has 0 aromatic heterocycles. The molecule has 3 nitrogen and oxygen atoms in total. The SMILES string of the molecule is C1CC2(CO1)CC(NC(C1CC1)C1CC1)CCO2. The van der Waals surface area contributed by atoms with Crippen molar-refractivity contribution in [1.29, 1.82) is 0 Å². The van der Waals surface area contributed by atoms with Crippen molar-refractivity contribution in [2.45, 2.75) is 62.6 Å². The standard InChI is InChI=1S/C15H25NO2/c1-2-11(1)14(12-3-4-12)16-13-5-7-18-15(9-13)6-8-17-10-15/h11-14,16H,1-10H2. The van der Waals surface area contributed by atoms with Crippen LogP contribution in [0.2, 0.25) is 0 Å². The lowest BCUT2D eigenvalue weighted by Gasteiger charge is -2.39. The minimum Gasteiger partial charge on any atom is -0.378 e. The molecule has 4 rings (SSSR count). The molecule has 0 radical (unpaired) electrons. The molecule has 0 aromatic carbocycles. The van der Waals surface area contributed by atoms with Gasteiger partial charge in [0.05, 0.1) is 12.2 Å². The van der Waals surface area contributed by atoms with Crippen LogP contribution in [0.1, 0.15) is 44.9 Å². The van der Waals surface area contributed by atoms with Crippen LogP contribution in [0.15, 0.2) is 0 Å². The third kappa shape index (κ3) is 2.33. The van der Waals surface area contributed by atoms with Gasteiger partial charge in [-0.05, 0) is 50.4 Å². The van der Waals surface area contributed by atoms with Gasteiger partial charge >= 0.3 is 0 Å². The Morgan fingerprint density at radius 3 is 2.39 bits per heavy atom. The highest BCUT2D eigenvalue weighted by atomic mass is 16.6. The van der Waals surface area contributed by atoms with E-state index in [4.69, 9.17) is 9.47 Å². The highest BCUT2D eigenvalue weighted by Gasteiger charge is 2.45. The molecule has 2 unspecified atom stereocenters. The molecule has 18 heavy (non-hydrogen) atoms. The van der Waals surface area contributed by atoms with Gasteiger partial charge in [-0.3, -0.25) is 0 Å². The summed E-state index contributed by atoms with van der Waals surface area (Å²) in [5, 5.41) is 4.00. The summed E-state index contributed by atoms with van der Waals surface area (Å²) in [5.74, 6) is 1.99. The van der Waals surface area contributed by atoms with E-state index in [0.717, 1.165) is 44.1 Å². The first-order valence-corrected chi connectivity index (χ1v) is 7.82. The second kappa shape index (κ2) is 4.46. The average molecular weight is 251 g/mol. The van der Waals surface area contributed by atoms with Crippen molar-refractivity contribution in [2.24, 2.45) is 11.8 Å². The van der Waals surface area contributed by atoms with Gasteiger partial charge in [-0.2, -0.15) is 0 Å².